The van der Waals surface area contributed by atoms with Gasteiger partial charge in [0.1, 0.15) is 0 Å². The standard InChI is InChI=1S/C10H20N2O/c1-3-4-9-5-7-12(8-6-9)10(13)11-2/h9H,3-8H2,1-2H3,(H,11,13). The molecular weight excluding hydrogens is 164 g/mol. The Morgan fingerprint density at radius 3 is 2.54 bits per heavy atom. The van der Waals surface area contributed by atoms with Crippen molar-refractivity contribution in [3.05, 3.63) is 0 Å². The molecule has 1 fully saturated rings. The van der Waals surface area contributed by atoms with Crippen LogP contribution < -0.4 is 5.32 Å². The first-order valence-electron chi connectivity index (χ1n) is 5.24. The zero-order chi connectivity index (χ0) is 9.68. The van der Waals surface area contributed by atoms with Crippen LogP contribution in [0.2, 0.25) is 0 Å². The lowest BCUT2D eigenvalue weighted by molar-refractivity contribution is 0.170. The van der Waals surface area contributed by atoms with Crippen LogP contribution in [-0.2, 0) is 0 Å². The van der Waals surface area contributed by atoms with Gasteiger partial charge in [0.25, 0.3) is 0 Å². The van der Waals surface area contributed by atoms with Crippen LogP contribution in [-0.4, -0.2) is 31.1 Å². The largest absolute Gasteiger partial charge is 0.341 e. The van der Waals surface area contributed by atoms with E-state index in [9.17, 15) is 4.79 Å². The number of carbonyl (C=O) groups is 1. The van der Waals surface area contributed by atoms with Crippen LogP contribution in [0.1, 0.15) is 32.6 Å². The SMILES string of the molecule is CCCC1CCN(C(=O)NC)CC1. The van der Waals surface area contributed by atoms with Gasteiger partial charge in [-0.3, -0.25) is 0 Å². The molecule has 3 nitrogen and oxygen atoms in total. The highest BCUT2D eigenvalue weighted by atomic mass is 16.2. The highest BCUT2D eigenvalue weighted by molar-refractivity contribution is 5.73. The second-order valence-electron chi connectivity index (χ2n) is 3.77. The van der Waals surface area contributed by atoms with Gasteiger partial charge < -0.3 is 10.2 Å². The summed E-state index contributed by atoms with van der Waals surface area (Å²) in [6.07, 6.45) is 4.95. The Kier molecular flexibility index (Phi) is 4.06. The summed E-state index contributed by atoms with van der Waals surface area (Å²) in [7, 11) is 1.69. The lowest BCUT2D eigenvalue weighted by Crippen LogP contribution is -2.43. The van der Waals surface area contributed by atoms with Gasteiger partial charge in [-0.25, -0.2) is 4.79 Å². The number of hydrogen-bond donors (Lipinski definition) is 1. The molecule has 13 heavy (non-hydrogen) atoms. The maximum absolute atomic E-state index is 11.2. The number of amides is 2. The van der Waals surface area contributed by atoms with E-state index in [-0.39, 0.29) is 6.03 Å². The molecule has 1 saturated heterocycles. The summed E-state index contributed by atoms with van der Waals surface area (Å²) >= 11 is 0. The highest BCUT2D eigenvalue weighted by Crippen LogP contribution is 2.21. The van der Waals surface area contributed by atoms with E-state index in [4.69, 9.17) is 0 Å². The molecule has 0 aromatic rings. The van der Waals surface area contributed by atoms with E-state index in [0.717, 1.165) is 19.0 Å². The fourth-order valence-corrected chi connectivity index (χ4v) is 1.99. The van der Waals surface area contributed by atoms with Crippen molar-refractivity contribution in [2.45, 2.75) is 32.6 Å². The number of urea groups is 1. The Morgan fingerprint density at radius 1 is 1.46 bits per heavy atom. The van der Waals surface area contributed by atoms with E-state index < -0.39 is 0 Å². The lowest BCUT2D eigenvalue weighted by Gasteiger charge is -2.31. The van der Waals surface area contributed by atoms with E-state index in [1.165, 1.54) is 25.7 Å². The van der Waals surface area contributed by atoms with Gasteiger partial charge in [0.05, 0.1) is 0 Å². The molecule has 0 unspecified atom stereocenters. The van der Waals surface area contributed by atoms with Crippen molar-refractivity contribution in [3.63, 3.8) is 0 Å². The van der Waals surface area contributed by atoms with Crippen LogP contribution in [0, 0.1) is 5.92 Å². The maximum atomic E-state index is 11.2. The molecule has 0 aromatic heterocycles. The third-order valence-corrected chi connectivity index (χ3v) is 2.81. The zero-order valence-corrected chi connectivity index (χ0v) is 8.68. The van der Waals surface area contributed by atoms with Crippen LogP contribution in [0.5, 0.6) is 0 Å². The molecule has 0 saturated carbocycles. The summed E-state index contributed by atoms with van der Waals surface area (Å²) < 4.78 is 0. The Morgan fingerprint density at radius 2 is 2.08 bits per heavy atom. The van der Waals surface area contributed by atoms with Crippen LogP contribution in [0.3, 0.4) is 0 Å². The first-order valence-corrected chi connectivity index (χ1v) is 5.24. The number of piperidine rings is 1. The third-order valence-electron chi connectivity index (χ3n) is 2.81. The van der Waals surface area contributed by atoms with Crippen molar-refractivity contribution in [1.29, 1.82) is 0 Å². The summed E-state index contributed by atoms with van der Waals surface area (Å²) in [5.41, 5.74) is 0. The second kappa shape index (κ2) is 5.10. The Labute approximate surface area is 80.5 Å². The molecule has 0 bridgehead atoms. The van der Waals surface area contributed by atoms with Gasteiger partial charge >= 0.3 is 6.03 Å². The smallest absolute Gasteiger partial charge is 0.317 e. The predicted octanol–water partition coefficient (Wildman–Crippen LogP) is 1.84. The first-order chi connectivity index (χ1) is 6.27. The monoisotopic (exact) mass is 184 g/mol. The molecule has 1 rings (SSSR count). The van der Waals surface area contributed by atoms with Gasteiger partial charge in [-0.15, -0.1) is 0 Å². The van der Waals surface area contributed by atoms with E-state index >= 15 is 0 Å². The van der Waals surface area contributed by atoms with Gasteiger partial charge in [0.15, 0.2) is 0 Å². The van der Waals surface area contributed by atoms with Gasteiger partial charge in [-0.05, 0) is 18.8 Å². The Balaban J connectivity index is 2.26. The van der Waals surface area contributed by atoms with Crippen molar-refractivity contribution in [2.24, 2.45) is 5.92 Å². The van der Waals surface area contributed by atoms with Crippen molar-refractivity contribution in [1.82, 2.24) is 10.2 Å². The van der Waals surface area contributed by atoms with Gasteiger partial charge in [0, 0.05) is 20.1 Å². The summed E-state index contributed by atoms with van der Waals surface area (Å²) in [6, 6.07) is 0.0787. The molecular formula is C10H20N2O. The van der Waals surface area contributed by atoms with Crippen LogP contribution in [0.25, 0.3) is 0 Å². The molecule has 0 atom stereocenters. The number of carbonyl (C=O) groups excluding carboxylic acids is 1. The second-order valence-corrected chi connectivity index (χ2v) is 3.77. The molecule has 0 aromatic carbocycles. The van der Waals surface area contributed by atoms with Crippen molar-refractivity contribution < 1.29 is 4.79 Å². The van der Waals surface area contributed by atoms with Crippen LogP contribution in [0.4, 0.5) is 4.79 Å². The molecule has 0 spiro atoms. The Hall–Kier alpha value is -0.730. The average molecular weight is 184 g/mol. The van der Waals surface area contributed by atoms with Crippen LogP contribution in [0.15, 0.2) is 0 Å². The molecule has 0 aliphatic carbocycles. The topological polar surface area (TPSA) is 32.3 Å². The van der Waals surface area contributed by atoms with E-state index in [1.807, 2.05) is 4.90 Å². The summed E-state index contributed by atoms with van der Waals surface area (Å²) in [4.78, 5) is 13.2. The van der Waals surface area contributed by atoms with Gasteiger partial charge in [-0.2, -0.15) is 0 Å². The van der Waals surface area contributed by atoms with Gasteiger partial charge in [0.2, 0.25) is 0 Å². The third kappa shape index (κ3) is 2.90. The summed E-state index contributed by atoms with van der Waals surface area (Å²) in [5, 5.41) is 2.67. The molecule has 0 radical (unpaired) electrons. The zero-order valence-electron chi connectivity index (χ0n) is 8.68. The fraction of sp³-hybridized carbons (Fsp3) is 0.900. The predicted molar refractivity (Wildman–Crippen MR) is 53.7 cm³/mol. The fourth-order valence-electron chi connectivity index (χ4n) is 1.99. The van der Waals surface area contributed by atoms with Gasteiger partial charge in [-0.1, -0.05) is 19.8 Å². The number of hydrogen-bond acceptors (Lipinski definition) is 1. The quantitative estimate of drug-likeness (QED) is 0.697. The molecule has 1 heterocycles. The Bertz CT molecular complexity index is 162. The minimum Gasteiger partial charge on any atom is -0.341 e. The van der Waals surface area contributed by atoms with Crippen molar-refractivity contribution >= 4 is 6.03 Å². The lowest BCUT2D eigenvalue weighted by atomic mass is 9.93. The highest BCUT2D eigenvalue weighted by Gasteiger charge is 2.20. The van der Waals surface area contributed by atoms with Crippen molar-refractivity contribution in [3.8, 4) is 0 Å². The molecule has 1 aliphatic heterocycles. The molecule has 3 heteroatoms. The minimum absolute atomic E-state index is 0.0787. The van der Waals surface area contributed by atoms with Crippen molar-refractivity contribution in [2.75, 3.05) is 20.1 Å². The molecule has 1 aliphatic rings. The average Bonchev–Trinajstić information content (AvgIpc) is 2.18. The number of rotatable bonds is 2. The normalized spacial score (nSPS) is 18.8. The maximum Gasteiger partial charge on any atom is 0.317 e. The minimum atomic E-state index is 0.0787. The number of nitrogens with zero attached hydrogens (tertiary/aromatic N) is 1. The summed E-state index contributed by atoms with van der Waals surface area (Å²) in [6.45, 7) is 4.10. The van der Waals surface area contributed by atoms with E-state index in [1.54, 1.807) is 7.05 Å². The number of likely N-dealkylation sites (tertiary alicyclic amines) is 1. The molecule has 76 valence electrons. The molecule has 1 N–H and O–H groups in total. The first kappa shape index (κ1) is 10.4. The summed E-state index contributed by atoms with van der Waals surface area (Å²) in [5.74, 6) is 0.853. The van der Waals surface area contributed by atoms with Crippen LogP contribution >= 0.6 is 0 Å². The molecule has 2 amide bonds. The van der Waals surface area contributed by atoms with E-state index in [2.05, 4.69) is 12.2 Å². The van der Waals surface area contributed by atoms with E-state index in [0.29, 0.717) is 0 Å². The number of nitrogens with one attached hydrogen (secondary N) is 1.